The molecule has 1 atom stereocenters. The van der Waals surface area contributed by atoms with Crippen LogP contribution in [-0.2, 0) is 11.3 Å². The Morgan fingerprint density at radius 2 is 2.08 bits per heavy atom. The van der Waals surface area contributed by atoms with Crippen LogP contribution < -0.4 is 10.6 Å². The highest BCUT2D eigenvalue weighted by molar-refractivity contribution is 7.99. The van der Waals surface area contributed by atoms with E-state index in [-0.39, 0.29) is 18.0 Å². The number of nitrogens with one attached hydrogen (secondary N) is 2. The van der Waals surface area contributed by atoms with E-state index in [1.165, 1.54) is 19.3 Å². The summed E-state index contributed by atoms with van der Waals surface area (Å²) in [6.45, 7) is 0.388. The van der Waals surface area contributed by atoms with E-state index in [1.807, 2.05) is 18.2 Å². The van der Waals surface area contributed by atoms with E-state index in [0.29, 0.717) is 18.2 Å². The number of amides is 3. The number of carbonyl (C=O) groups is 2. The number of carbonyl (C=O) groups excluding carboxylic acids is 2. The molecule has 2 heterocycles. The first-order valence-electron chi connectivity index (χ1n) is 8.56. The van der Waals surface area contributed by atoms with Crippen LogP contribution in [0.15, 0.2) is 24.4 Å². The maximum atomic E-state index is 12.5. The van der Waals surface area contributed by atoms with Gasteiger partial charge >= 0.3 is 6.03 Å². The molecule has 1 aliphatic carbocycles. The molecular formula is C17H24N4O2S. The Morgan fingerprint density at radius 1 is 1.25 bits per heavy atom. The fourth-order valence-corrected chi connectivity index (χ4v) is 4.32. The van der Waals surface area contributed by atoms with Crippen LogP contribution in [0.2, 0.25) is 0 Å². The first-order chi connectivity index (χ1) is 11.7. The van der Waals surface area contributed by atoms with Crippen molar-refractivity contribution in [3.63, 3.8) is 0 Å². The van der Waals surface area contributed by atoms with E-state index in [4.69, 9.17) is 0 Å². The Balaban J connectivity index is 1.52. The van der Waals surface area contributed by atoms with Crippen molar-refractivity contribution in [1.29, 1.82) is 0 Å². The number of thioether (sulfide) groups is 1. The number of hydrogen-bond donors (Lipinski definition) is 2. The molecule has 0 spiro atoms. The van der Waals surface area contributed by atoms with Crippen LogP contribution >= 0.6 is 11.8 Å². The molecule has 1 aromatic rings. The summed E-state index contributed by atoms with van der Waals surface area (Å²) in [5, 5.41) is 5.99. The predicted octanol–water partition coefficient (Wildman–Crippen LogP) is 2.11. The third-order valence-electron chi connectivity index (χ3n) is 4.55. The maximum Gasteiger partial charge on any atom is 0.319 e. The average molecular weight is 348 g/mol. The number of nitrogens with zero attached hydrogens (tertiary/aromatic N) is 2. The first-order valence-corrected chi connectivity index (χ1v) is 9.72. The summed E-state index contributed by atoms with van der Waals surface area (Å²) in [4.78, 5) is 30.8. The molecule has 24 heavy (non-hydrogen) atoms. The molecule has 2 aliphatic rings. The summed E-state index contributed by atoms with van der Waals surface area (Å²) in [5.41, 5.74) is 0.815. The topological polar surface area (TPSA) is 74.3 Å². The number of pyridine rings is 1. The van der Waals surface area contributed by atoms with Gasteiger partial charge in [-0.15, -0.1) is 11.8 Å². The second-order valence-electron chi connectivity index (χ2n) is 6.31. The van der Waals surface area contributed by atoms with E-state index in [2.05, 4.69) is 15.6 Å². The van der Waals surface area contributed by atoms with Gasteiger partial charge in [0, 0.05) is 18.0 Å². The minimum atomic E-state index is -0.401. The maximum absolute atomic E-state index is 12.5. The SMILES string of the molecule is O=C(NCc1ccccn1)[C@@H]1CSCN1C(=O)NC1CCCCC1. The van der Waals surface area contributed by atoms with Crippen molar-refractivity contribution in [2.45, 2.75) is 50.7 Å². The smallest absolute Gasteiger partial charge is 0.319 e. The summed E-state index contributed by atoms with van der Waals surface area (Å²) in [6, 6.07) is 5.36. The molecule has 1 aliphatic heterocycles. The summed E-state index contributed by atoms with van der Waals surface area (Å²) >= 11 is 1.62. The van der Waals surface area contributed by atoms with E-state index in [1.54, 1.807) is 22.9 Å². The van der Waals surface area contributed by atoms with Crippen molar-refractivity contribution in [3.05, 3.63) is 30.1 Å². The van der Waals surface area contributed by atoms with Gasteiger partial charge in [0.05, 0.1) is 18.1 Å². The molecule has 2 N–H and O–H groups in total. The van der Waals surface area contributed by atoms with E-state index in [9.17, 15) is 9.59 Å². The van der Waals surface area contributed by atoms with Gasteiger partial charge in [-0.25, -0.2) is 4.79 Å². The lowest BCUT2D eigenvalue weighted by Gasteiger charge is -2.28. The zero-order chi connectivity index (χ0) is 16.8. The van der Waals surface area contributed by atoms with Gasteiger partial charge in [-0.1, -0.05) is 25.3 Å². The Kier molecular flexibility index (Phi) is 5.96. The minimum absolute atomic E-state index is 0.107. The number of hydrogen-bond acceptors (Lipinski definition) is 4. The Morgan fingerprint density at radius 3 is 2.83 bits per heavy atom. The van der Waals surface area contributed by atoms with Crippen LogP contribution in [-0.4, -0.2) is 45.5 Å². The van der Waals surface area contributed by atoms with Gasteiger partial charge in [-0.2, -0.15) is 0 Å². The second kappa shape index (κ2) is 8.37. The lowest BCUT2D eigenvalue weighted by atomic mass is 9.96. The Hall–Kier alpha value is -1.76. The van der Waals surface area contributed by atoms with Crippen molar-refractivity contribution < 1.29 is 9.59 Å². The lowest BCUT2D eigenvalue weighted by molar-refractivity contribution is -0.124. The normalized spacial score (nSPS) is 21.5. The summed E-state index contributed by atoms with van der Waals surface area (Å²) in [7, 11) is 0. The summed E-state index contributed by atoms with van der Waals surface area (Å²) in [5.74, 6) is 1.11. The summed E-state index contributed by atoms with van der Waals surface area (Å²) in [6.07, 6.45) is 7.40. The Labute approximate surface area is 146 Å². The van der Waals surface area contributed by atoms with Gasteiger partial charge in [-0.05, 0) is 25.0 Å². The lowest BCUT2D eigenvalue weighted by Crippen LogP contribution is -2.52. The van der Waals surface area contributed by atoms with Crippen molar-refractivity contribution in [1.82, 2.24) is 20.5 Å². The Bertz CT molecular complexity index is 563. The molecule has 0 radical (unpaired) electrons. The zero-order valence-electron chi connectivity index (χ0n) is 13.7. The van der Waals surface area contributed by atoms with Crippen molar-refractivity contribution >= 4 is 23.7 Å². The molecule has 3 rings (SSSR count). The van der Waals surface area contributed by atoms with Gasteiger partial charge < -0.3 is 15.5 Å². The molecule has 2 fully saturated rings. The third kappa shape index (κ3) is 4.41. The molecule has 0 bridgehead atoms. The highest BCUT2D eigenvalue weighted by atomic mass is 32.2. The monoisotopic (exact) mass is 348 g/mol. The average Bonchev–Trinajstić information content (AvgIpc) is 3.11. The van der Waals surface area contributed by atoms with Crippen LogP contribution in [0.3, 0.4) is 0 Å². The van der Waals surface area contributed by atoms with Crippen LogP contribution in [0.4, 0.5) is 4.79 Å². The van der Waals surface area contributed by atoms with E-state index < -0.39 is 6.04 Å². The fraction of sp³-hybridized carbons (Fsp3) is 0.588. The van der Waals surface area contributed by atoms with Crippen molar-refractivity contribution in [2.24, 2.45) is 0 Å². The molecule has 3 amide bonds. The molecule has 0 unspecified atom stereocenters. The number of rotatable bonds is 4. The third-order valence-corrected chi connectivity index (χ3v) is 5.56. The van der Waals surface area contributed by atoms with Crippen LogP contribution in [0, 0.1) is 0 Å². The van der Waals surface area contributed by atoms with E-state index >= 15 is 0 Å². The number of urea groups is 1. The predicted molar refractivity (Wildman–Crippen MR) is 94.4 cm³/mol. The van der Waals surface area contributed by atoms with Gasteiger partial charge in [0.1, 0.15) is 6.04 Å². The molecule has 1 saturated carbocycles. The van der Waals surface area contributed by atoms with Crippen molar-refractivity contribution in [3.8, 4) is 0 Å². The minimum Gasteiger partial charge on any atom is -0.349 e. The second-order valence-corrected chi connectivity index (χ2v) is 7.31. The molecule has 6 nitrogen and oxygen atoms in total. The van der Waals surface area contributed by atoms with Crippen LogP contribution in [0.25, 0.3) is 0 Å². The fourth-order valence-electron chi connectivity index (χ4n) is 3.16. The molecule has 130 valence electrons. The van der Waals surface area contributed by atoms with Gasteiger partial charge in [0.15, 0.2) is 0 Å². The van der Waals surface area contributed by atoms with Crippen molar-refractivity contribution in [2.75, 3.05) is 11.6 Å². The molecule has 1 aromatic heterocycles. The summed E-state index contributed by atoms with van der Waals surface area (Å²) < 4.78 is 0. The molecular weight excluding hydrogens is 324 g/mol. The van der Waals surface area contributed by atoms with E-state index in [0.717, 1.165) is 18.5 Å². The van der Waals surface area contributed by atoms with Gasteiger partial charge in [0.2, 0.25) is 5.91 Å². The zero-order valence-corrected chi connectivity index (χ0v) is 14.6. The van der Waals surface area contributed by atoms with Gasteiger partial charge in [0.25, 0.3) is 0 Å². The highest BCUT2D eigenvalue weighted by Crippen LogP contribution is 2.23. The quantitative estimate of drug-likeness (QED) is 0.874. The molecule has 7 heteroatoms. The largest absolute Gasteiger partial charge is 0.349 e. The standard InChI is InChI=1S/C17H24N4O2S/c22-16(19-10-14-8-4-5-9-18-14)15-11-24-12-21(15)17(23)20-13-6-2-1-3-7-13/h4-5,8-9,13,15H,1-3,6-7,10-12H2,(H,19,22)(H,20,23)/t15-/m0/s1. The first kappa shape index (κ1) is 17.1. The van der Waals surface area contributed by atoms with Crippen LogP contribution in [0.5, 0.6) is 0 Å². The highest BCUT2D eigenvalue weighted by Gasteiger charge is 2.35. The molecule has 1 saturated heterocycles. The molecule has 0 aromatic carbocycles. The number of aromatic nitrogens is 1. The van der Waals surface area contributed by atoms with Gasteiger partial charge in [-0.3, -0.25) is 9.78 Å². The van der Waals surface area contributed by atoms with Crippen LogP contribution in [0.1, 0.15) is 37.8 Å².